The zero-order valence-corrected chi connectivity index (χ0v) is 22.5. The molecule has 2 aliphatic heterocycles. The van der Waals surface area contributed by atoms with Crippen LogP contribution in [0.1, 0.15) is 67.2 Å². The molecule has 4 saturated carbocycles. The van der Waals surface area contributed by atoms with Crippen LogP contribution in [0.5, 0.6) is 11.5 Å². The molecule has 3 atom stereocenters. The highest BCUT2D eigenvalue weighted by Crippen LogP contribution is 2.66. The molecule has 4 aliphatic carbocycles. The van der Waals surface area contributed by atoms with Gasteiger partial charge >= 0.3 is 0 Å². The molecule has 0 N–H and O–H groups in total. The quantitative estimate of drug-likeness (QED) is 0.480. The van der Waals surface area contributed by atoms with Gasteiger partial charge in [0.05, 0.1) is 38.4 Å². The van der Waals surface area contributed by atoms with E-state index in [2.05, 4.69) is 17.0 Å². The fourth-order valence-corrected chi connectivity index (χ4v) is 9.45. The summed E-state index contributed by atoms with van der Waals surface area (Å²) in [4.78, 5) is 17.2. The normalized spacial score (nSPS) is 34.5. The van der Waals surface area contributed by atoms with Crippen LogP contribution in [0.25, 0.3) is 6.08 Å². The van der Waals surface area contributed by atoms with Crippen molar-refractivity contribution in [1.82, 2.24) is 4.90 Å². The van der Waals surface area contributed by atoms with Gasteiger partial charge in [0.1, 0.15) is 11.5 Å². The Morgan fingerprint density at radius 2 is 1.59 bits per heavy atom. The van der Waals surface area contributed by atoms with Gasteiger partial charge in [-0.3, -0.25) is 4.79 Å². The Balaban J connectivity index is 1.46. The van der Waals surface area contributed by atoms with Gasteiger partial charge < -0.3 is 14.4 Å². The van der Waals surface area contributed by atoms with Crippen molar-refractivity contribution in [3.8, 4) is 23.6 Å². The lowest BCUT2D eigenvalue weighted by molar-refractivity contribution is -0.148. The van der Waals surface area contributed by atoms with Gasteiger partial charge in [-0.05, 0) is 91.7 Å². The first kappa shape index (κ1) is 24.3. The number of benzene rings is 2. The van der Waals surface area contributed by atoms with Crippen molar-refractivity contribution >= 4 is 11.9 Å². The zero-order valence-electron chi connectivity index (χ0n) is 22.5. The summed E-state index contributed by atoms with van der Waals surface area (Å²) in [5.41, 5.74) is 0.676. The minimum Gasteiger partial charge on any atom is -0.497 e. The lowest BCUT2D eigenvalue weighted by Crippen LogP contribution is -2.55. The van der Waals surface area contributed by atoms with Crippen molar-refractivity contribution in [1.29, 1.82) is 10.5 Å². The molecule has 3 unspecified atom stereocenters. The third kappa shape index (κ3) is 3.27. The number of Topliss-reactive ketones (excluding diaryl/α,β-unsaturated/α-hetero) is 1. The molecular weight excluding hydrogens is 486 g/mol. The van der Waals surface area contributed by atoms with E-state index in [1.54, 1.807) is 14.2 Å². The van der Waals surface area contributed by atoms with Crippen molar-refractivity contribution in [3.05, 3.63) is 65.4 Å². The molecule has 4 bridgehead atoms. The van der Waals surface area contributed by atoms with E-state index in [0.29, 0.717) is 34.8 Å². The van der Waals surface area contributed by atoms with Gasteiger partial charge in [-0.25, -0.2) is 0 Å². The molecule has 0 aromatic heterocycles. The fraction of sp³-hybridized carbons (Fsp3) is 0.485. The average Bonchev–Trinajstić information content (AvgIpc) is 3.26. The predicted octanol–water partition coefficient (Wildman–Crippen LogP) is 6.02. The van der Waals surface area contributed by atoms with Crippen LogP contribution < -0.4 is 9.47 Å². The molecule has 0 amide bonds. The summed E-state index contributed by atoms with van der Waals surface area (Å²) in [6.07, 6.45) is 10.5. The number of ketones is 1. The molecule has 198 valence electrons. The summed E-state index contributed by atoms with van der Waals surface area (Å²) in [6, 6.07) is 17.2. The van der Waals surface area contributed by atoms with E-state index in [1.165, 1.54) is 19.3 Å². The molecule has 8 rings (SSSR count). The SMILES string of the molecule is COc1ccc(OC)c(C2C(C(=O)C34CC5CC(CC(C5)C3)C4)N3C=Cc4ccccc4C3C2(C#N)C#N)c1. The van der Waals surface area contributed by atoms with Crippen molar-refractivity contribution in [2.75, 3.05) is 14.2 Å². The highest BCUT2D eigenvalue weighted by atomic mass is 16.5. The van der Waals surface area contributed by atoms with Gasteiger partial charge in [-0.15, -0.1) is 0 Å². The van der Waals surface area contributed by atoms with E-state index in [9.17, 15) is 10.5 Å². The monoisotopic (exact) mass is 519 g/mol. The van der Waals surface area contributed by atoms with Crippen LogP contribution in [-0.2, 0) is 4.79 Å². The van der Waals surface area contributed by atoms with E-state index in [-0.39, 0.29) is 11.2 Å². The van der Waals surface area contributed by atoms with E-state index in [1.807, 2.05) is 54.7 Å². The van der Waals surface area contributed by atoms with Gasteiger partial charge in [0, 0.05) is 23.1 Å². The van der Waals surface area contributed by atoms with Crippen LogP contribution in [-0.4, -0.2) is 30.9 Å². The molecule has 6 heteroatoms. The molecular formula is C33H33N3O3. The minimum atomic E-state index is -1.51. The third-order valence-corrected chi connectivity index (χ3v) is 10.5. The summed E-state index contributed by atoms with van der Waals surface area (Å²) in [7, 11) is 3.20. The predicted molar refractivity (Wildman–Crippen MR) is 145 cm³/mol. The number of rotatable bonds is 5. The van der Waals surface area contributed by atoms with Crippen molar-refractivity contribution in [3.63, 3.8) is 0 Å². The Morgan fingerprint density at radius 3 is 2.21 bits per heavy atom. The number of carbonyl (C=O) groups is 1. The largest absolute Gasteiger partial charge is 0.497 e. The average molecular weight is 520 g/mol. The second-order valence-corrected chi connectivity index (χ2v) is 12.5. The molecule has 2 heterocycles. The summed E-state index contributed by atoms with van der Waals surface area (Å²) < 4.78 is 11.4. The zero-order chi connectivity index (χ0) is 26.9. The number of hydrogen-bond acceptors (Lipinski definition) is 6. The van der Waals surface area contributed by atoms with Gasteiger partial charge in [-0.1, -0.05) is 24.3 Å². The second-order valence-electron chi connectivity index (χ2n) is 12.5. The standard InChI is InChI=1S/C33H33N3O3/c1-38-24-7-8-27(39-2)26(14-24)28-29(31(37)32-15-20-11-21(16-32)13-22(12-20)17-32)36-10-9-23-5-3-4-6-25(23)30(36)33(28,18-34)19-35/h3-10,14,20-22,28-30H,11-13,15-17H2,1-2H3. The molecule has 5 fully saturated rings. The number of carbonyl (C=O) groups excluding carboxylic acids is 1. The molecule has 2 aromatic carbocycles. The highest BCUT2D eigenvalue weighted by molar-refractivity contribution is 5.93. The summed E-state index contributed by atoms with van der Waals surface area (Å²) in [6.45, 7) is 0. The number of fused-ring (bicyclic) bond motifs is 3. The molecule has 2 aromatic rings. The molecule has 0 spiro atoms. The number of ether oxygens (including phenoxy) is 2. The van der Waals surface area contributed by atoms with Crippen LogP contribution in [0.3, 0.4) is 0 Å². The lowest BCUT2D eigenvalue weighted by Gasteiger charge is -2.57. The van der Waals surface area contributed by atoms with Gasteiger partial charge in [0.25, 0.3) is 0 Å². The van der Waals surface area contributed by atoms with E-state index in [4.69, 9.17) is 9.47 Å². The Morgan fingerprint density at radius 1 is 0.923 bits per heavy atom. The van der Waals surface area contributed by atoms with E-state index < -0.39 is 23.4 Å². The first-order chi connectivity index (χ1) is 19.0. The molecule has 6 aliphatic rings. The summed E-state index contributed by atoms with van der Waals surface area (Å²) in [5.74, 6) is 2.50. The van der Waals surface area contributed by atoms with Gasteiger partial charge in [0.15, 0.2) is 11.2 Å². The molecule has 6 nitrogen and oxygen atoms in total. The van der Waals surface area contributed by atoms with E-state index in [0.717, 1.165) is 30.4 Å². The van der Waals surface area contributed by atoms with Crippen molar-refractivity contribution in [2.24, 2.45) is 28.6 Å². The maximum Gasteiger partial charge on any atom is 0.177 e. The highest BCUT2D eigenvalue weighted by Gasteiger charge is 2.67. The minimum absolute atomic E-state index is 0.206. The van der Waals surface area contributed by atoms with Crippen molar-refractivity contribution < 1.29 is 14.3 Å². The van der Waals surface area contributed by atoms with Crippen LogP contribution in [0.4, 0.5) is 0 Å². The van der Waals surface area contributed by atoms with Gasteiger partial charge in [-0.2, -0.15) is 10.5 Å². The number of nitriles is 2. The third-order valence-electron chi connectivity index (χ3n) is 10.5. The first-order valence-corrected chi connectivity index (χ1v) is 14.1. The molecule has 39 heavy (non-hydrogen) atoms. The molecule has 0 radical (unpaired) electrons. The van der Waals surface area contributed by atoms with Crippen LogP contribution in [0, 0.1) is 51.2 Å². The maximum atomic E-state index is 15.2. The van der Waals surface area contributed by atoms with Crippen LogP contribution >= 0.6 is 0 Å². The Hall–Kier alpha value is -3.77. The number of nitrogens with zero attached hydrogens (tertiary/aromatic N) is 3. The smallest absolute Gasteiger partial charge is 0.177 e. The Bertz CT molecular complexity index is 1410. The number of methoxy groups -OCH3 is 2. The fourth-order valence-electron chi connectivity index (χ4n) is 9.45. The lowest BCUT2D eigenvalue weighted by atomic mass is 9.47. The Kier molecular flexibility index (Phi) is 5.37. The Labute approximate surface area is 229 Å². The van der Waals surface area contributed by atoms with Crippen LogP contribution in [0.15, 0.2) is 48.7 Å². The van der Waals surface area contributed by atoms with E-state index >= 15 is 4.79 Å². The van der Waals surface area contributed by atoms with Gasteiger partial charge in [0.2, 0.25) is 0 Å². The topological polar surface area (TPSA) is 86.3 Å². The van der Waals surface area contributed by atoms with Crippen molar-refractivity contribution in [2.45, 2.75) is 56.5 Å². The maximum absolute atomic E-state index is 15.2. The first-order valence-electron chi connectivity index (χ1n) is 14.1. The number of hydrogen-bond donors (Lipinski definition) is 0. The summed E-state index contributed by atoms with van der Waals surface area (Å²) >= 11 is 0. The summed E-state index contributed by atoms with van der Waals surface area (Å²) in [5, 5.41) is 21.9. The van der Waals surface area contributed by atoms with Crippen LogP contribution in [0.2, 0.25) is 0 Å². The molecule has 1 saturated heterocycles. The second kappa shape index (κ2) is 8.62.